The molecule has 4 aromatic rings. The molecule has 0 saturated carbocycles. The molecule has 3 aromatic carbocycles. The quantitative estimate of drug-likeness (QED) is 0.471. The fourth-order valence-electron chi connectivity index (χ4n) is 3.70. The van der Waals surface area contributed by atoms with Crippen molar-refractivity contribution in [2.75, 3.05) is 14.2 Å². The summed E-state index contributed by atoms with van der Waals surface area (Å²) in [5, 5.41) is 2.91. The zero-order valence-electron chi connectivity index (χ0n) is 18.8. The molecule has 1 amide bonds. The van der Waals surface area contributed by atoms with Gasteiger partial charge in [0.1, 0.15) is 17.2 Å². The first-order valence-electron chi connectivity index (χ1n) is 10.5. The molecule has 0 radical (unpaired) electrons. The zero-order valence-corrected chi connectivity index (χ0v) is 18.8. The molecule has 7 heteroatoms. The van der Waals surface area contributed by atoms with E-state index in [2.05, 4.69) is 10.3 Å². The van der Waals surface area contributed by atoms with E-state index in [-0.39, 0.29) is 11.5 Å². The van der Waals surface area contributed by atoms with E-state index in [1.54, 1.807) is 43.9 Å². The standard InChI is InChI=1S/C26H25N3O4/c1-17-26(31)29(23-7-5-4-6-22(23)28-17)16-18-8-10-19(11-9-18)25(30)27-15-20-12-13-21(32-2)14-24(20)33-3/h4-14H,15-16H2,1-3H3,(H,27,30). The summed E-state index contributed by atoms with van der Waals surface area (Å²) >= 11 is 0. The molecule has 0 atom stereocenters. The van der Waals surface area contributed by atoms with Crippen molar-refractivity contribution < 1.29 is 14.3 Å². The van der Waals surface area contributed by atoms with Crippen molar-refractivity contribution in [1.82, 2.24) is 14.9 Å². The topological polar surface area (TPSA) is 82.5 Å². The van der Waals surface area contributed by atoms with E-state index >= 15 is 0 Å². The van der Waals surface area contributed by atoms with Crippen LogP contribution in [-0.2, 0) is 13.1 Å². The summed E-state index contributed by atoms with van der Waals surface area (Å²) in [6.45, 7) is 2.44. The second-order valence-electron chi connectivity index (χ2n) is 7.63. The number of hydrogen-bond acceptors (Lipinski definition) is 5. The highest BCUT2D eigenvalue weighted by Crippen LogP contribution is 2.24. The summed E-state index contributed by atoms with van der Waals surface area (Å²) in [4.78, 5) is 29.7. The third-order valence-electron chi connectivity index (χ3n) is 5.51. The maximum Gasteiger partial charge on any atom is 0.272 e. The highest BCUT2D eigenvalue weighted by atomic mass is 16.5. The van der Waals surface area contributed by atoms with E-state index in [9.17, 15) is 9.59 Å². The largest absolute Gasteiger partial charge is 0.497 e. The van der Waals surface area contributed by atoms with Crippen molar-refractivity contribution in [3.05, 3.63) is 99.5 Å². The average molecular weight is 444 g/mol. The summed E-state index contributed by atoms with van der Waals surface area (Å²) in [6, 6.07) is 20.3. The van der Waals surface area contributed by atoms with E-state index in [0.717, 1.165) is 22.2 Å². The van der Waals surface area contributed by atoms with Crippen molar-refractivity contribution in [3.63, 3.8) is 0 Å². The van der Waals surface area contributed by atoms with Gasteiger partial charge in [0.25, 0.3) is 11.5 Å². The Hall–Kier alpha value is -4.13. The molecule has 1 N–H and O–H groups in total. The number of ether oxygens (including phenoxy) is 2. The number of hydrogen-bond donors (Lipinski definition) is 1. The lowest BCUT2D eigenvalue weighted by molar-refractivity contribution is 0.0950. The maximum atomic E-state index is 12.7. The molecule has 0 fully saturated rings. The Labute approximate surface area is 191 Å². The van der Waals surface area contributed by atoms with E-state index < -0.39 is 0 Å². The minimum Gasteiger partial charge on any atom is -0.497 e. The molecule has 33 heavy (non-hydrogen) atoms. The number of carbonyl (C=O) groups is 1. The van der Waals surface area contributed by atoms with Gasteiger partial charge >= 0.3 is 0 Å². The third-order valence-corrected chi connectivity index (χ3v) is 5.51. The fraction of sp³-hybridized carbons (Fsp3) is 0.192. The number of aryl methyl sites for hydroxylation is 1. The van der Waals surface area contributed by atoms with E-state index in [4.69, 9.17) is 9.47 Å². The van der Waals surface area contributed by atoms with Crippen molar-refractivity contribution in [2.45, 2.75) is 20.0 Å². The summed E-state index contributed by atoms with van der Waals surface area (Å²) in [5.41, 5.74) is 4.20. The SMILES string of the molecule is COc1ccc(CNC(=O)c2ccc(Cn3c(=O)c(C)nc4ccccc43)cc2)c(OC)c1. The predicted octanol–water partition coefficient (Wildman–Crippen LogP) is 3.70. The smallest absolute Gasteiger partial charge is 0.272 e. The van der Waals surface area contributed by atoms with Crippen LogP contribution in [-0.4, -0.2) is 29.7 Å². The third kappa shape index (κ3) is 4.72. The number of nitrogens with one attached hydrogen (secondary N) is 1. The molecule has 0 aliphatic rings. The van der Waals surface area contributed by atoms with Gasteiger partial charge < -0.3 is 19.4 Å². The normalized spacial score (nSPS) is 10.8. The monoisotopic (exact) mass is 443 g/mol. The van der Waals surface area contributed by atoms with Gasteiger partial charge in [0.05, 0.1) is 31.8 Å². The second kappa shape index (κ2) is 9.56. The Bertz CT molecular complexity index is 1360. The van der Waals surface area contributed by atoms with Gasteiger partial charge in [0.2, 0.25) is 0 Å². The Morgan fingerprint density at radius 1 is 1.00 bits per heavy atom. The molecule has 0 spiro atoms. The van der Waals surface area contributed by atoms with E-state index in [1.807, 2.05) is 48.5 Å². The van der Waals surface area contributed by atoms with Gasteiger partial charge in [-0.2, -0.15) is 0 Å². The molecule has 168 valence electrons. The van der Waals surface area contributed by atoms with Crippen LogP contribution in [0.3, 0.4) is 0 Å². The molecule has 1 aromatic heterocycles. The number of nitrogens with zero attached hydrogens (tertiary/aromatic N) is 2. The van der Waals surface area contributed by atoms with Crippen molar-refractivity contribution in [3.8, 4) is 11.5 Å². The molecule has 0 unspecified atom stereocenters. The van der Waals surface area contributed by atoms with Gasteiger partial charge in [0.15, 0.2) is 0 Å². The van der Waals surface area contributed by atoms with Gasteiger partial charge in [-0.15, -0.1) is 0 Å². The Morgan fingerprint density at radius 3 is 2.48 bits per heavy atom. The number of para-hydroxylation sites is 2. The van der Waals surface area contributed by atoms with Crippen LogP contribution in [0.15, 0.2) is 71.5 Å². The molecule has 0 aliphatic heterocycles. The minimum atomic E-state index is -0.193. The number of fused-ring (bicyclic) bond motifs is 1. The van der Waals surface area contributed by atoms with Crippen LogP contribution in [0.5, 0.6) is 11.5 Å². The van der Waals surface area contributed by atoms with Gasteiger partial charge in [-0.05, 0) is 48.9 Å². The van der Waals surface area contributed by atoms with Crippen LogP contribution in [0.1, 0.15) is 27.2 Å². The minimum absolute atomic E-state index is 0.121. The Balaban J connectivity index is 1.48. The van der Waals surface area contributed by atoms with Gasteiger partial charge in [0, 0.05) is 23.7 Å². The van der Waals surface area contributed by atoms with Gasteiger partial charge in [-0.1, -0.05) is 24.3 Å². The summed E-state index contributed by atoms with van der Waals surface area (Å²) < 4.78 is 12.3. The summed E-state index contributed by atoms with van der Waals surface area (Å²) in [7, 11) is 3.17. The van der Waals surface area contributed by atoms with Crippen molar-refractivity contribution >= 4 is 16.9 Å². The molecule has 0 aliphatic carbocycles. The lowest BCUT2D eigenvalue weighted by Gasteiger charge is -2.12. The molecule has 7 nitrogen and oxygen atoms in total. The fourth-order valence-corrected chi connectivity index (χ4v) is 3.70. The summed E-state index contributed by atoms with van der Waals surface area (Å²) in [5.74, 6) is 1.14. The van der Waals surface area contributed by atoms with Crippen LogP contribution in [0, 0.1) is 6.92 Å². The number of carbonyl (C=O) groups excluding carboxylic acids is 1. The van der Waals surface area contributed by atoms with Crippen LogP contribution >= 0.6 is 0 Å². The first-order chi connectivity index (χ1) is 16.0. The number of amides is 1. The lowest BCUT2D eigenvalue weighted by atomic mass is 10.1. The Kier molecular flexibility index (Phi) is 6.40. The first kappa shape index (κ1) is 22.1. The predicted molar refractivity (Wildman–Crippen MR) is 127 cm³/mol. The number of rotatable bonds is 7. The highest BCUT2D eigenvalue weighted by molar-refractivity contribution is 5.94. The zero-order chi connectivity index (χ0) is 23.4. The summed E-state index contributed by atoms with van der Waals surface area (Å²) in [6.07, 6.45) is 0. The van der Waals surface area contributed by atoms with Crippen LogP contribution < -0.4 is 20.3 Å². The second-order valence-corrected chi connectivity index (χ2v) is 7.63. The molecule has 0 saturated heterocycles. The van der Waals surface area contributed by atoms with Crippen LogP contribution in [0.4, 0.5) is 0 Å². The van der Waals surface area contributed by atoms with Crippen molar-refractivity contribution in [1.29, 1.82) is 0 Å². The molecular formula is C26H25N3O4. The molecule has 0 bridgehead atoms. The molecular weight excluding hydrogens is 418 g/mol. The van der Waals surface area contributed by atoms with Crippen LogP contribution in [0.25, 0.3) is 11.0 Å². The molecule has 4 rings (SSSR count). The van der Waals surface area contributed by atoms with E-state index in [1.165, 1.54) is 0 Å². The first-order valence-corrected chi connectivity index (χ1v) is 10.5. The average Bonchev–Trinajstić information content (AvgIpc) is 2.85. The lowest BCUT2D eigenvalue weighted by Crippen LogP contribution is -2.25. The number of benzene rings is 3. The van der Waals surface area contributed by atoms with Gasteiger partial charge in [-0.3, -0.25) is 9.59 Å². The number of aromatic nitrogens is 2. The molecule has 1 heterocycles. The highest BCUT2D eigenvalue weighted by Gasteiger charge is 2.11. The number of methoxy groups -OCH3 is 2. The van der Waals surface area contributed by atoms with Crippen LogP contribution in [0.2, 0.25) is 0 Å². The van der Waals surface area contributed by atoms with Crippen molar-refractivity contribution in [2.24, 2.45) is 0 Å². The maximum absolute atomic E-state index is 12.7. The van der Waals surface area contributed by atoms with E-state index in [0.29, 0.717) is 35.8 Å². The Morgan fingerprint density at radius 2 is 1.76 bits per heavy atom. The van der Waals surface area contributed by atoms with Gasteiger partial charge in [-0.25, -0.2) is 4.98 Å².